The van der Waals surface area contributed by atoms with Crippen LogP contribution in [0.1, 0.15) is 27.8 Å². The maximum absolute atomic E-state index is 2.41. The normalized spacial score (nSPS) is 13.2. The standard InChI is InChI=1S/C50H34N2/c1-33-22-31-49-43(32-33)42-16-6-11-21-48(42)52(49)37-29-25-35(26-30-37)50(44-17-7-2-12-38(44)39-13-3-8-18-45(39)50)34-23-27-36(28-24-34)51-46-19-9-4-14-40(46)41-15-5-10-20-47(41)51/h2-32H,1H3. The summed E-state index contributed by atoms with van der Waals surface area (Å²) in [6, 6.07) is 69.7. The lowest BCUT2D eigenvalue weighted by Crippen LogP contribution is -2.28. The zero-order chi connectivity index (χ0) is 34.4. The fourth-order valence-corrected chi connectivity index (χ4v) is 9.31. The minimum atomic E-state index is -0.483. The molecule has 0 saturated heterocycles. The second-order valence-electron chi connectivity index (χ2n) is 14.2. The Hall–Kier alpha value is -6.64. The molecule has 0 atom stereocenters. The molecule has 244 valence electrons. The van der Waals surface area contributed by atoms with Gasteiger partial charge in [0.15, 0.2) is 0 Å². The van der Waals surface area contributed by atoms with E-state index in [1.165, 1.54) is 82.6 Å². The predicted octanol–water partition coefficient (Wildman–Crippen LogP) is 12.6. The van der Waals surface area contributed by atoms with Gasteiger partial charge in [-0.25, -0.2) is 0 Å². The zero-order valence-electron chi connectivity index (χ0n) is 28.8. The molecular formula is C50H34N2. The first-order valence-electron chi connectivity index (χ1n) is 18.1. The summed E-state index contributed by atoms with van der Waals surface area (Å²) in [4.78, 5) is 0. The van der Waals surface area contributed by atoms with Gasteiger partial charge in [0.1, 0.15) is 0 Å². The van der Waals surface area contributed by atoms with Crippen LogP contribution in [0.5, 0.6) is 0 Å². The Morgan fingerprint density at radius 2 is 0.731 bits per heavy atom. The average Bonchev–Trinajstić information content (AvgIpc) is 3.82. The highest BCUT2D eigenvalue weighted by Crippen LogP contribution is 2.56. The van der Waals surface area contributed by atoms with E-state index in [9.17, 15) is 0 Å². The first kappa shape index (κ1) is 29.1. The zero-order valence-corrected chi connectivity index (χ0v) is 28.8. The van der Waals surface area contributed by atoms with Crippen LogP contribution in [0, 0.1) is 6.92 Å². The van der Waals surface area contributed by atoms with E-state index in [1.807, 2.05) is 0 Å². The molecule has 2 nitrogen and oxygen atoms in total. The van der Waals surface area contributed by atoms with E-state index in [0.29, 0.717) is 0 Å². The minimum Gasteiger partial charge on any atom is -0.309 e. The highest BCUT2D eigenvalue weighted by atomic mass is 15.0. The summed E-state index contributed by atoms with van der Waals surface area (Å²) in [6.45, 7) is 2.17. The van der Waals surface area contributed by atoms with Crippen molar-refractivity contribution in [2.45, 2.75) is 12.3 Å². The molecule has 2 heteroatoms. The van der Waals surface area contributed by atoms with Crippen molar-refractivity contribution >= 4 is 43.6 Å². The Balaban J connectivity index is 1.13. The van der Waals surface area contributed by atoms with Crippen molar-refractivity contribution in [3.05, 3.63) is 216 Å². The molecule has 0 aliphatic heterocycles. The molecule has 8 aromatic carbocycles. The van der Waals surface area contributed by atoms with Gasteiger partial charge in [-0.05, 0) is 94.9 Å². The maximum Gasteiger partial charge on any atom is 0.0713 e. The second kappa shape index (κ2) is 10.9. The number of aryl methyl sites for hydroxylation is 1. The van der Waals surface area contributed by atoms with Crippen molar-refractivity contribution in [2.75, 3.05) is 0 Å². The highest BCUT2D eigenvalue weighted by molar-refractivity contribution is 6.10. The molecule has 0 amide bonds. The highest BCUT2D eigenvalue weighted by Gasteiger charge is 2.45. The lowest BCUT2D eigenvalue weighted by atomic mass is 9.67. The van der Waals surface area contributed by atoms with E-state index < -0.39 is 5.41 Å². The van der Waals surface area contributed by atoms with Crippen LogP contribution in [0.25, 0.3) is 66.1 Å². The molecule has 0 bridgehead atoms. The average molecular weight is 663 g/mol. The van der Waals surface area contributed by atoms with Gasteiger partial charge < -0.3 is 9.13 Å². The molecule has 0 unspecified atom stereocenters. The van der Waals surface area contributed by atoms with Gasteiger partial charge in [0.25, 0.3) is 0 Å². The van der Waals surface area contributed by atoms with Crippen LogP contribution in [0.15, 0.2) is 188 Å². The molecule has 2 heterocycles. The van der Waals surface area contributed by atoms with E-state index >= 15 is 0 Å². The number of hydrogen-bond donors (Lipinski definition) is 0. The van der Waals surface area contributed by atoms with Crippen LogP contribution < -0.4 is 0 Å². The summed E-state index contributed by atoms with van der Waals surface area (Å²) in [5.41, 5.74) is 15.8. The van der Waals surface area contributed by atoms with Crippen molar-refractivity contribution in [1.82, 2.24) is 9.13 Å². The minimum absolute atomic E-state index is 0.483. The summed E-state index contributed by atoms with van der Waals surface area (Å²) in [7, 11) is 0. The lowest BCUT2D eigenvalue weighted by molar-refractivity contribution is 0.767. The Morgan fingerprint density at radius 1 is 0.346 bits per heavy atom. The fraction of sp³-hybridized carbons (Fsp3) is 0.0400. The number of rotatable bonds is 4. The Kier molecular flexibility index (Phi) is 6.12. The molecule has 0 saturated carbocycles. The van der Waals surface area contributed by atoms with Crippen LogP contribution in [0.4, 0.5) is 0 Å². The number of fused-ring (bicyclic) bond motifs is 9. The molecule has 0 radical (unpaired) electrons. The van der Waals surface area contributed by atoms with E-state index in [-0.39, 0.29) is 0 Å². The van der Waals surface area contributed by atoms with Gasteiger partial charge in [-0.1, -0.05) is 139 Å². The van der Waals surface area contributed by atoms with Gasteiger partial charge in [-0.2, -0.15) is 0 Å². The van der Waals surface area contributed by atoms with E-state index in [1.54, 1.807) is 0 Å². The molecule has 1 aliphatic rings. The van der Waals surface area contributed by atoms with Crippen LogP contribution >= 0.6 is 0 Å². The number of hydrogen-bond acceptors (Lipinski definition) is 0. The van der Waals surface area contributed by atoms with Gasteiger partial charge in [-0.3, -0.25) is 0 Å². The Labute approximate surface area is 302 Å². The Bertz CT molecular complexity index is 2910. The maximum atomic E-state index is 2.41. The van der Waals surface area contributed by atoms with Crippen LogP contribution in [0.3, 0.4) is 0 Å². The lowest BCUT2D eigenvalue weighted by Gasteiger charge is -2.34. The summed E-state index contributed by atoms with van der Waals surface area (Å²) in [5.74, 6) is 0. The summed E-state index contributed by atoms with van der Waals surface area (Å²) in [6.07, 6.45) is 0. The quantitative estimate of drug-likeness (QED) is 0.177. The first-order chi connectivity index (χ1) is 25.7. The van der Waals surface area contributed by atoms with Gasteiger partial charge in [0.05, 0.1) is 27.5 Å². The van der Waals surface area contributed by atoms with Gasteiger partial charge in [-0.15, -0.1) is 0 Å². The molecule has 0 spiro atoms. The molecule has 0 fully saturated rings. The largest absolute Gasteiger partial charge is 0.309 e. The number of nitrogens with zero attached hydrogens (tertiary/aromatic N) is 2. The number of aromatic nitrogens is 2. The molecule has 2 aromatic heterocycles. The summed E-state index contributed by atoms with van der Waals surface area (Å²) < 4.78 is 4.82. The van der Waals surface area contributed by atoms with E-state index in [4.69, 9.17) is 0 Å². The molecule has 11 rings (SSSR count). The fourth-order valence-electron chi connectivity index (χ4n) is 9.31. The van der Waals surface area contributed by atoms with Crippen molar-refractivity contribution in [2.24, 2.45) is 0 Å². The van der Waals surface area contributed by atoms with Crippen molar-refractivity contribution in [3.63, 3.8) is 0 Å². The second-order valence-corrected chi connectivity index (χ2v) is 14.2. The van der Waals surface area contributed by atoms with Crippen molar-refractivity contribution < 1.29 is 0 Å². The van der Waals surface area contributed by atoms with Crippen molar-refractivity contribution in [1.29, 1.82) is 0 Å². The van der Waals surface area contributed by atoms with Gasteiger partial charge >= 0.3 is 0 Å². The van der Waals surface area contributed by atoms with E-state index in [2.05, 4.69) is 204 Å². The third kappa shape index (κ3) is 3.89. The monoisotopic (exact) mass is 662 g/mol. The molecule has 1 aliphatic carbocycles. The number of benzene rings is 8. The summed E-state index contributed by atoms with van der Waals surface area (Å²) in [5, 5.41) is 5.12. The van der Waals surface area contributed by atoms with E-state index in [0.717, 1.165) is 11.4 Å². The first-order valence-corrected chi connectivity index (χ1v) is 18.1. The molecular weight excluding hydrogens is 629 g/mol. The predicted molar refractivity (Wildman–Crippen MR) is 217 cm³/mol. The smallest absolute Gasteiger partial charge is 0.0713 e. The third-order valence-electron chi connectivity index (χ3n) is 11.5. The van der Waals surface area contributed by atoms with Crippen LogP contribution in [0.2, 0.25) is 0 Å². The molecule has 0 N–H and O–H groups in total. The summed E-state index contributed by atoms with van der Waals surface area (Å²) >= 11 is 0. The van der Waals surface area contributed by atoms with Crippen LogP contribution in [-0.2, 0) is 5.41 Å². The van der Waals surface area contributed by atoms with Crippen molar-refractivity contribution in [3.8, 4) is 22.5 Å². The molecule has 10 aromatic rings. The topological polar surface area (TPSA) is 9.86 Å². The van der Waals surface area contributed by atoms with Gasteiger partial charge in [0, 0.05) is 32.9 Å². The SMILES string of the molecule is Cc1ccc2c(c1)c1ccccc1n2-c1ccc(C2(c3ccc(-n4c5ccccc5c5ccccc54)cc3)c3ccccc3-c3ccccc32)cc1. The number of para-hydroxylation sites is 3. The third-order valence-corrected chi connectivity index (χ3v) is 11.5. The van der Waals surface area contributed by atoms with Gasteiger partial charge in [0.2, 0.25) is 0 Å². The Morgan fingerprint density at radius 3 is 1.21 bits per heavy atom. The molecule has 52 heavy (non-hydrogen) atoms. The van der Waals surface area contributed by atoms with Crippen LogP contribution in [-0.4, -0.2) is 9.13 Å².